The number of aromatic nitrogens is 3. The second-order valence-corrected chi connectivity index (χ2v) is 6.05. The van der Waals surface area contributed by atoms with Crippen LogP contribution in [-0.2, 0) is 0 Å². The molecular formula is C18H18N6O2. The minimum absolute atomic E-state index is 0.384. The van der Waals surface area contributed by atoms with Crippen molar-refractivity contribution in [1.29, 1.82) is 5.26 Å². The number of imidazole rings is 1. The molecule has 0 unspecified atom stereocenters. The summed E-state index contributed by atoms with van der Waals surface area (Å²) in [4.78, 5) is 4.32. The molecule has 1 aliphatic rings. The molecule has 2 heterocycles. The highest BCUT2D eigenvalue weighted by molar-refractivity contribution is 5.74. The summed E-state index contributed by atoms with van der Waals surface area (Å²) in [6.07, 6.45) is 3.80. The van der Waals surface area contributed by atoms with Crippen molar-refractivity contribution in [2.24, 2.45) is 0 Å². The van der Waals surface area contributed by atoms with Gasteiger partial charge in [0.2, 0.25) is 0 Å². The van der Waals surface area contributed by atoms with Crippen LogP contribution >= 0.6 is 0 Å². The van der Waals surface area contributed by atoms with Gasteiger partial charge in [0.25, 0.3) is 0 Å². The van der Waals surface area contributed by atoms with E-state index in [1.54, 1.807) is 18.7 Å². The van der Waals surface area contributed by atoms with Gasteiger partial charge in [-0.05, 0) is 25.0 Å². The first kappa shape index (κ1) is 16.0. The third-order valence-electron chi connectivity index (χ3n) is 4.18. The van der Waals surface area contributed by atoms with Gasteiger partial charge in [-0.15, -0.1) is 5.10 Å². The second-order valence-electron chi connectivity index (χ2n) is 6.05. The molecule has 1 aliphatic carbocycles. The zero-order valence-corrected chi connectivity index (χ0v) is 14.5. The van der Waals surface area contributed by atoms with E-state index in [2.05, 4.69) is 26.8 Å². The van der Waals surface area contributed by atoms with E-state index in [0.717, 1.165) is 24.2 Å². The number of fused-ring (bicyclic) bond motifs is 1. The molecule has 0 atom stereocenters. The molecule has 1 aromatic carbocycles. The van der Waals surface area contributed by atoms with E-state index in [1.165, 1.54) is 6.20 Å². The molecule has 0 radical (unpaired) electrons. The number of methoxy groups -OCH3 is 2. The highest BCUT2D eigenvalue weighted by atomic mass is 16.5. The maximum absolute atomic E-state index is 9.29. The first-order chi connectivity index (χ1) is 12.7. The van der Waals surface area contributed by atoms with Gasteiger partial charge in [-0.25, -0.2) is 4.98 Å². The van der Waals surface area contributed by atoms with E-state index in [0.29, 0.717) is 34.7 Å². The molecule has 1 saturated carbocycles. The molecule has 2 aromatic heterocycles. The Hall–Kier alpha value is -3.47. The average molecular weight is 350 g/mol. The van der Waals surface area contributed by atoms with Crippen molar-refractivity contribution in [3.05, 3.63) is 36.2 Å². The Morgan fingerprint density at radius 1 is 1.19 bits per heavy atom. The predicted molar refractivity (Wildman–Crippen MR) is 97.2 cm³/mol. The molecule has 132 valence electrons. The standard InChI is InChI=1S/C18H18N6O2/c1-25-15-6-5-12(7-16(15)26-2)22-17-8-14(21-11-3-4-11)18-20-10-13(9-19)24(18)23-17/h5-8,10-11,21H,3-4H2,1-2H3,(H,22,23). The molecule has 3 aromatic rings. The van der Waals surface area contributed by atoms with Gasteiger partial charge >= 0.3 is 0 Å². The number of nitrogens with one attached hydrogen (secondary N) is 2. The van der Waals surface area contributed by atoms with Crippen molar-refractivity contribution in [3.63, 3.8) is 0 Å². The number of hydrogen-bond acceptors (Lipinski definition) is 7. The lowest BCUT2D eigenvalue weighted by atomic mass is 10.2. The van der Waals surface area contributed by atoms with Gasteiger partial charge in [0.1, 0.15) is 6.07 Å². The summed E-state index contributed by atoms with van der Waals surface area (Å²) in [6, 6.07) is 10.0. The van der Waals surface area contributed by atoms with Crippen molar-refractivity contribution < 1.29 is 9.47 Å². The molecule has 8 heteroatoms. The highest BCUT2D eigenvalue weighted by Gasteiger charge is 2.23. The number of nitriles is 1. The first-order valence-electron chi connectivity index (χ1n) is 8.26. The topological polar surface area (TPSA) is 96.5 Å². The van der Waals surface area contributed by atoms with Crippen molar-refractivity contribution >= 4 is 22.8 Å². The number of hydrogen-bond donors (Lipinski definition) is 2. The molecule has 0 aliphatic heterocycles. The summed E-state index contributed by atoms with van der Waals surface area (Å²) in [5.41, 5.74) is 2.68. The van der Waals surface area contributed by atoms with E-state index in [9.17, 15) is 5.26 Å². The van der Waals surface area contributed by atoms with Gasteiger partial charge in [0.05, 0.1) is 26.1 Å². The Morgan fingerprint density at radius 3 is 2.69 bits per heavy atom. The molecular weight excluding hydrogens is 332 g/mol. The summed E-state index contributed by atoms with van der Waals surface area (Å²) in [7, 11) is 3.19. The zero-order chi connectivity index (χ0) is 18.1. The minimum atomic E-state index is 0.384. The van der Waals surface area contributed by atoms with Crippen LogP contribution in [-0.4, -0.2) is 34.9 Å². The zero-order valence-electron chi connectivity index (χ0n) is 14.5. The monoisotopic (exact) mass is 350 g/mol. The van der Waals surface area contributed by atoms with Crippen LogP contribution in [0.4, 0.5) is 17.2 Å². The van der Waals surface area contributed by atoms with Gasteiger partial charge in [-0.3, -0.25) is 0 Å². The quantitative estimate of drug-likeness (QED) is 0.705. The van der Waals surface area contributed by atoms with E-state index in [4.69, 9.17) is 9.47 Å². The van der Waals surface area contributed by atoms with Crippen LogP contribution in [0.3, 0.4) is 0 Å². The number of anilines is 3. The van der Waals surface area contributed by atoms with Crippen LogP contribution in [0.2, 0.25) is 0 Å². The van der Waals surface area contributed by atoms with Gasteiger partial charge in [-0.1, -0.05) is 0 Å². The van der Waals surface area contributed by atoms with Gasteiger partial charge in [-0.2, -0.15) is 9.78 Å². The molecule has 8 nitrogen and oxygen atoms in total. The van der Waals surface area contributed by atoms with Gasteiger partial charge in [0, 0.05) is 23.9 Å². The second kappa shape index (κ2) is 6.44. The Morgan fingerprint density at radius 2 is 2.00 bits per heavy atom. The minimum Gasteiger partial charge on any atom is -0.493 e. The fourth-order valence-corrected chi connectivity index (χ4v) is 2.72. The molecule has 4 rings (SSSR count). The van der Waals surface area contributed by atoms with E-state index in [-0.39, 0.29) is 0 Å². The number of rotatable bonds is 6. The largest absolute Gasteiger partial charge is 0.493 e. The average Bonchev–Trinajstić information content (AvgIpc) is 3.38. The smallest absolute Gasteiger partial charge is 0.178 e. The Balaban J connectivity index is 1.72. The Bertz CT molecular complexity index is 1000. The molecule has 1 fully saturated rings. The third-order valence-corrected chi connectivity index (χ3v) is 4.18. The number of benzene rings is 1. The molecule has 0 saturated heterocycles. The van der Waals surface area contributed by atoms with E-state index >= 15 is 0 Å². The SMILES string of the molecule is COc1ccc(Nc2cc(NC3CC3)c3ncc(C#N)n3n2)cc1OC. The van der Waals surface area contributed by atoms with Crippen molar-refractivity contribution in [2.75, 3.05) is 24.9 Å². The summed E-state index contributed by atoms with van der Waals surface area (Å²) in [6.45, 7) is 0. The van der Waals surface area contributed by atoms with Crippen molar-refractivity contribution in [3.8, 4) is 17.6 Å². The van der Waals surface area contributed by atoms with E-state index in [1.807, 2.05) is 24.3 Å². The van der Waals surface area contributed by atoms with Crippen LogP contribution in [0.25, 0.3) is 5.65 Å². The molecule has 26 heavy (non-hydrogen) atoms. The summed E-state index contributed by atoms with van der Waals surface area (Å²) >= 11 is 0. The predicted octanol–water partition coefficient (Wildman–Crippen LogP) is 2.94. The molecule has 0 spiro atoms. The van der Waals surface area contributed by atoms with Crippen LogP contribution < -0.4 is 20.1 Å². The Labute approximate surface area is 150 Å². The van der Waals surface area contributed by atoms with Crippen molar-refractivity contribution in [2.45, 2.75) is 18.9 Å². The maximum Gasteiger partial charge on any atom is 0.178 e. The molecule has 0 bridgehead atoms. The normalized spacial score (nSPS) is 13.3. The van der Waals surface area contributed by atoms with Crippen LogP contribution in [0.1, 0.15) is 18.5 Å². The molecule has 2 N–H and O–H groups in total. The third kappa shape index (κ3) is 2.95. The number of ether oxygens (including phenoxy) is 2. The van der Waals surface area contributed by atoms with Gasteiger partial charge < -0.3 is 20.1 Å². The summed E-state index contributed by atoms with van der Waals surface area (Å²) < 4.78 is 12.1. The number of nitrogens with zero attached hydrogens (tertiary/aromatic N) is 4. The van der Waals surface area contributed by atoms with Crippen LogP contribution in [0.5, 0.6) is 11.5 Å². The van der Waals surface area contributed by atoms with Crippen LogP contribution in [0.15, 0.2) is 30.5 Å². The van der Waals surface area contributed by atoms with Crippen LogP contribution in [0, 0.1) is 11.3 Å². The lowest BCUT2D eigenvalue weighted by Crippen LogP contribution is -2.07. The fourth-order valence-electron chi connectivity index (χ4n) is 2.72. The Kier molecular flexibility index (Phi) is 3.97. The lowest BCUT2D eigenvalue weighted by molar-refractivity contribution is 0.355. The molecule has 0 amide bonds. The maximum atomic E-state index is 9.29. The first-order valence-corrected chi connectivity index (χ1v) is 8.26. The van der Waals surface area contributed by atoms with Crippen molar-refractivity contribution in [1.82, 2.24) is 14.6 Å². The van der Waals surface area contributed by atoms with Gasteiger partial charge in [0.15, 0.2) is 28.7 Å². The van der Waals surface area contributed by atoms with E-state index < -0.39 is 0 Å². The fraction of sp³-hybridized carbons (Fsp3) is 0.278. The lowest BCUT2D eigenvalue weighted by Gasteiger charge is -2.13. The highest BCUT2D eigenvalue weighted by Crippen LogP contribution is 2.32. The summed E-state index contributed by atoms with van der Waals surface area (Å²) in [5, 5.41) is 20.5. The summed E-state index contributed by atoms with van der Waals surface area (Å²) in [5.74, 6) is 1.87.